The van der Waals surface area contributed by atoms with Gasteiger partial charge in [-0.1, -0.05) is 23.7 Å². The molecule has 0 saturated carbocycles. The topological polar surface area (TPSA) is 79.9 Å². The summed E-state index contributed by atoms with van der Waals surface area (Å²) in [5, 5.41) is 17.0. The first kappa shape index (κ1) is 22.0. The van der Waals surface area contributed by atoms with Crippen LogP contribution in [-0.4, -0.2) is 35.3 Å². The number of hydrogen-bond acceptors (Lipinski definition) is 5. The molecule has 1 aromatic heterocycles. The molecular weight excluding hydrogens is 423 g/mol. The molecule has 0 aliphatic carbocycles. The van der Waals surface area contributed by atoms with Crippen LogP contribution in [0.4, 0.5) is 0 Å². The molecule has 0 unspecified atom stereocenters. The number of hydrogen-bond donors (Lipinski definition) is 1. The predicted molar refractivity (Wildman–Crippen MR) is 117 cm³/mol. The van der Waals surface area contributed by atoms with Gasteiger partial charge in [-0.25, -0.2) is 4.68 Å². The van der Waals surface area contributed by atoms with Crippen molar-refractivity contribution in [2.45, 2.75) is 12.5 Å². The molecule has 0 bridgehead atoms. The van der Waals surface area contributed by atoms with Crippen LogP contribution < -0.4 is 5.32 Å². The zero-order valence-corrected chi connectivity index (χ0v) is 17.6. The van der Waals surface area contributed by atoms with Crippen molar-refractivity contribution in [3.8, 4) is 11.8 Å². The van der Waals surface area contributed by atoms with Crippen molar-refractivity contribution in [2.75, 3.05) is 19.7 Å². The molecule has 0 spiro atoms. The van der Waals surface area contributed by atoms with Crippen LogP contribution in [0.2, 0.25) is 5.02 Å². The molecule has 3 aromatic rings. The summed E-state index contributed by atoms with van der Waals surface area (Å²) in [5.74, 6) is -0.0601. The van der Waals surface area contributed by atoms with Crippen molar-refractivity contribution in [2.24, 2.45) is 0 Å². The SMILES string of the molecule is Cl.N#Cc1ccc(-n2cc(C(=O)Cc3ccc([C@H]4CNCCO4)cc3Cl)cn2)cc1. The molecule has 1 aliphatic heterocycles. The Morgan fingerprint density at radius 1 is 1.30 bits per heavy atom. The summed E-state index contributed by atoms with van der Waals surface area (Å²) < 4.78 is 7.37. The number of benzene rings is 2. The van der Waals surface area contributed by atoms with Gasteiger partial charge in [0.15, 0.2) is 5.78 Å². The van der Waals surface area contributed by atoms with Crippen LogP contribution in [0, 0.1) is 11.3 Å². The fraction of sp³-hybridized carbons (Fsp3) is 0.227. The Bertz CT molecular complexity index is 1070. The number of rotatable bonds is 5. The van der Waals surface area contributed by atoms with Crippen LogP contribution in [0.25, 0.3) is 5.69 Å². The maximum absolute atomic E-state index is 12.7. The first-order chi connectivity index (χ1) is 14.1. The molecule has 1 saturated heterocycles. The molecule has 154 valence electrons. The number of aromatic nitrogens is 2. The van der Waals surface area contributed by atoms with E-state index in [1.54, 1.807) is 41.3 Å². The number of carbonyl (C=O) groups is 1. The standard InChI is InChI=1S/C22H19ClN4O2.ClH/c23-20-9-17(22-13-25-7-8-29-22)4-3-16(20)10-21(28)18-12-26-27(14-18)19-5-1-15(11-24)2-6-19;/h1-6,9,12,14,22,25H,7-8,10,13H2;1H/t22-;/m1./s1. The molecule has 1 N–H and O–H groups in total. The Morgan fingerprint density at radius 3 is 2.77 bits per heavy atom. The molecule has 1 atom stereocenters. The molecule has 0 amide bonds. The number of halogens is 2. The fourth-order valence-electron chi connectivity index (χ4n) is 3.26. The second-order valence-electron chi connectivity index (χ2n) is 6.85. The third-order valence-corrected chi connectivity index (χ3v) is 5.24. The van der Waals surface area contributed by atoms with Gasteiger partial charge in [-0.05, 0) is 41.5 Å². The van der Waals surface area contributed by atoms with E-state index in [0.29, 0.717) is 22.8 Å². The lowest BCUT2D eigenvalue weighted by Crippen LogP contribution is -2.33. The lowest BCUT2D eigenvalue weighted by Gasteiger charge is -2.24. The zero-order valence-electron chi connectivity index (χ0n) is 16.0. The predicted octanol–water partition coefficient (Wildman–Crippen LogP) is 3.91. The number of nitrogens with zero attached hydrogens (tertiary/aromatic N) is 3. The maximum atomic E-state index is 12.7. The summed E-state index contributed by atoms with van der Waals surface area (Å²) in [7, 11) is 0. The highest BCUT2D eigenvalue weighted by Crippen LogP contribution is 2.26. The highest BCUT2D eigenvalue weighted by atomic mass is 35.5. The Balaban J connectivity index is 0.00000256. The minimum Gasteiger partial charge on any atom is -0.371 e. The van der Waals surface area contributed by atoms with E-state index in [-0.39, 0.29) is 30.7 Å². The van der Waals surface area contributed by atoms with Gasteiger partial charge in [0.1, 0.15) is 0 Å². The van der Waals surface area contributed by atoms with E-state index >= 15 is 0 Å². The van der Waals surface area contributed by atoms with Gasteiger partial charge in [-0.2, -0.15) is 10.4 Å². The number of carbonyl (C=O) groups excluding carboxylic acids is 1. The molecule has 8 heteroatoms. The summed E-state index contributed by atoms with van der Waals surface area (Å²) in [5.41, 5.74) is 3.65. The smallest absolute Gasteiger partial charge is 0.170 e. The van der Waals surface area contributed by atoms with E-state index in [1.165, 1.54) is 0 Å². The minimum atomic E-state index is -0.0601. The van der Waals surface area contributed by atoms with Crippen molar-refractivity contribution in [1.29, 1.82) is 5.26 Å². The van der Waals surface area contributed by atoms with Crippen LogP contribution in [0.3, 0.4) is 0 Å². The van der Waals surface area contributed by atoms with E-state index in [9.17, 15) is 4.79 Å². The Labute approximate surface area is 185 Å². The largest absolute Gasteiger partial charge is 0.371 e. The molecule has 0 radical (unpaired) electrons. The van der Waals surface area contributed by atoms with E-state index in [1.807, 2.05) is 18.2 Å². The summed E-state index contributed by atoms with van der Waals surface area (Å²) >= 11 is 6.43. The fourth-order valence-corrected chi connectivity index (χ4v) is 3.51. The van der Waals surface area contributed by atoms with Gasteiger partial charge in [0.2, 0.25) is 0 Å². The van der Waals surface area contributed by atoms with Crippen LogP contribution in [0.5, 0.6) is 0 Å². The Kier molecular flexibility index (Phi) is 7.24. The van der Waals surface area contributed by atoms with Gasteiger partial charge in [0.05, 0.1) is 41.8 Å². The summed E-state index contributed by atoms with van der Waals surface area (Å²) in [6.07, 6.45) is 3.41. The maximum Gasteiger partial charge on any atom is 0.170 e. The molecular formula is C22H20Cl2N4O2. The van der Waals surface area contributed by atoms with E-state index in [0.717, 1.165) is 29.9 Å². The number of ketones is 1. The molecule has 2 aromatic carbocycles. The van der Waals surface area contributed by atoms with Gasteiger partial charge < -0.3 is 10.1 Å². The number of nitrogens with one attached hydrogen (secondary N) is 1. The van der Waals surface area contributed by atoms with Crippen molar-refractivity contribution in [3.63, 3.8) is 0 Å². The van der Waals surface area contributed by atoms with Gasteiger partial charge in [0, 0.05) is 30.7 Å². The van der Waals surface area contributed by atoms with Crippen molar-refractivity contribution < 1.29 is 9.53 Å². The van der Waals surface area contributed by atoms with E-state index in [2.05, 4.69) is 16.5 Å². The van der Waals surface area contributed by atoms with Crippen LogP contribution in [0.15, 0.2) is 54.9 Å². The molecule has 1 fully saturated rings. The molecule has 30 heavy (non-hydrogen) atoms. The number of Topliss-reactive ketones (excluding diaryl/α,β-unsaturated/α-hetero) is 1. The highest BCUT2D eigenvalue weighted by Gasteiger charge is 2.18. The summed E-state index contributed by atoms with van der Waals surface area (Å²) in [6.45, 7) is 2.28. The van der Waals surface area contributed by atoms with Crippen molar-refractivity contribution >= 4 is 29.8 Å². The lowest BCUT2D eigenvalue weighted by atomic mass is 10.0. The monoisotopic (exact) mass is 442 g/mol. The van der Waals surface area contributed by atoms with Crippen molar-refractivity contribution in [3.05, 3.63) is 82.1 Å². The number of morpholine rings is 1. The molecule has 1 aliphatic rings. The van der Waals surface area contributed by atoms with Gasteiger partial charge in [-0.3, -0.25) is 4.79 Å². The molecule has 2 heterocycles. The summed E-state index contributed by atoms with van der Waals surface area (Å²) in [6, 6.07) is 14.8. The average molecular weight is 443 g/mol. The second kappa shape index (κ2) is 9.88. The van der Waals surface area contributed by atoms with E-state index < -0.39 is 0 Å². The van der Waals surface area contributed by atoms with Gasteiger partial charge in [0.25, 0.3) is 0 Å². The Morgan fingerprint density at radius 2 is 2.10 bits per heavy atom. The van der Waals surface area contributed by atoms with Gasteiger partial charge >= 0.3 is 0 Å². The Hall–Kier alpha value is -2.69. The second-order valence-corrected chi connectivity index (χ2v) is 7.25. The van der Waals surface area contributed by atoms with E-state index in [4.69, 9.17) is 21.6 Å². The van der Waals surface area contributed by atoms with Crippen molar-refractivity contribution in [1.82, 2.24) is 15.1 Å². The lowest BCUT2D eigenvalue weighted by molar-refractivity contribution is 0.0277. The molecule has 4 rings (SSSR count). The zero-order chi connectivity index (χ0) is 20.2. The summed E-state index contributed by atoms with van der Waals surface area (Å²) in [4.78, 5) is 12.7. The average Bonchev–Trinajstić information content (AvgIpc) is 3.26. The highest BCUT2D eigenvalue weighted by molar-refractivity contribution is 6.31. The van der Waals surface area contributed by atoms with Crippen LogP contribution in [-0.2, 0) is 11.2 Å². The third-order valence-electron chi connectivity index (χ3n) is 4.89. The number of nitriles is 1. The van der Waals surface area contributed by atoms with Crippen LogP contribution >= 0.6 is 24.0 Å². The quantitative estimate of drug-likeness (QED) is 0.605. The van der Waals surface area contributed by atoms with Crippen LogP contribution in [0.1, 0.15) is 33.2 Å². The van der Waals surface area contributed by atoms with Gasteiger partial charge in [-0.15, -0.1) is 12.4 Å². The first-order valence-corrected chi connectivity index (χ1v) is 9.71. The minimum absolute atomic E-state index is 0. The molecule has 6 nitrogen and oxygen atoms in total. The normalized spacial score (nSPS) is 15.8. The number of ether oxygens (including phenoxy) is 1. The first-order valence-electron chi connectivity index (χ1n) is 9.33. The third kappa shape index (κ3) is 4.89.